The van der Waals surface area contributed by atoms with Crippen LogP contribution >= 0.6 is 0 Å². The summed E-state index contributed by atoms with van der Waals surface area (Å²) in [6, 6.07) is 17.2. The summed E-state index contributed by atoms with van der Waals surface area (Å²) in [7, 11) is 0. The molecule has 1 aliphatic rings. The number of benzene rings is 2. The first-order valence-electron chi connectivity index (χ1n) is 9.16. The van der Waals surface area contributed by atoms with Crippen molar-refractivity contribution in [1.29, 1.82) is 0 Å². The van der Waals surface area contributed by atoms with Gasteiger partial charge in [0.1, 0.15) is 0 Å². The van der Waals surface area contributed by atoms with E-state index in [2.05, 4.69) is 83.2 Å². The molecule has 0 aromatic heterocycles. The van der Waals surface area contributed by atoms with E-state index in [1.807, 2.05) is 13.0 Å². The molecule has 1 heteroatoms. The molecule has 25 heavy (non-hydrogen) atoms. The maximum atomic E-state index is 11.1. The van der Waals surface area contributed by atoms with E-state index in [-0.39, 0.29) is 10.8 Å². The van der Waals surface area contributed by atoms with Gasteiger partial charge in [-0.05, 0) is 53.5 Å². The molecule has 0 heterocycles. The summed E-state index contributed by atoms with van der Waals surface area (Å²) >= 11 is 0. The van der Waals surface area contributed by atoms with Crippen LogP contribution in [0.5, 0.6) is 0 Å². The Balaban J connectivity index is 2.12. The number of aliphatic hydroxyl groups is 1. The second kappa shape index (κ2) is 5.85. The lowest BCUT2D eigenvalue weighted by Gasteiger charge is -2.51. The molecule has 132 valence electrons. The van der Waals surface area contributed by atoms with E-state index in [4.69, 9.17) is 0 Å². The lowest BCUT2D eigenvalue weighted by molar-refractivity contribution is -0.0421. The lowest BCUT2D eigenvalue weighted by atomic mass is 9.56. The lowest BCUT2D eigenvalue weighted by Crippen LogP contribution is -2.53. The van der Waals surface area contributed by atoms with Gasteiger partial charge in [-0.25, -0.2) is 0 Å². The van der Waals surface area contributed by atoms with Crippen molar-refractivity contribution in [2.75, 3.05) is 0 Å². The Bertz CT molecular complexity index is 807. The number of fused-ring (bicyclic) bond motifs is 1. The van der Waals surface area contributed by atoms with Gasteiger partial charge in [-0.1, -0.05) is 82.3 Å². The van der Waals surface area contributed by atoms with Crippen LogP contribution in [0.25, 0.3) is 11.6 Å². The minimum absolute atomic E-state index is 0.0239. The van der Waals surface area contributed by atoms with Gasteiger partial charge in [0.05, 0.1) is 5.60 Å². The van der Waals surface area contributed by atoms with E-state index in [0.29, 0.717) is 0 Å². The monoisotopic (exact) mass is 334 g/mol. The van der Waals surface area contributed by atoms with Crippen LogP contribution < -0.4 is 0 Å². The molecule has 0 bridgehead atoms. The zero-order valence-corrected chi connectivity index (χ0v) is 16.4. The maximum Gasteiger partial charge on any atom is 0.0719 e. The predicted octanol–water partition coefficient (Wildman–Crippen LogP) is 5.96. The molecule has 1 aliphatic carbocycles. The fraction of sp³-hybridized carbons (Fsp3) is 0.417. The van der Waals surface area contributed by atoms with E-state index in [0.717, 1.165) is 6.42 Å². The van der Waals surface area contributed by atoms with E-state index >= 15 is 0 Å². The molecule has 1 unspecified atom stereocenters. The minimum atomic E-state index is -0.723. The number of hydrogen-bond acceptors (Lipinski definition) is 1. The zero-order chi connectivity index (χ0) is 18.5. The van der Waals surface area contributed by atoms with Crippen molar-refractivity contribution in [1.82, 2.24) is 0 Å². The summed E-state index contributed by atoms with van der Waals surface area (Å²) in [5, 5.41) is 11.1. The van der Waals surface area contributed by atoms with Crippen molar-refractivity contribution >= 4 is 11.6 Å². The van der Waals surface area contributed by atoms with Crippen molar-refractivity contribution in [3.63, 3.8) is 0 Å². The van der Waals surface area contributed by atoms with Crippen molar-refractivity contribution in [2.24, 2.45) is 0 Å². The summed E-state index contributed by atoms with van der Waals surface area (Å²) in [5.41, 5.74) is 5.29. The van der Waals surface area contributed by atoms with Crippen LogP contribution in [0.4, 0.5) is 0 Å². The van der Waals surface area contributed by atoms with Crippen LogP contribution in [-0.4, -0.2) is 10.7 Å². The van der Waals surface area contributed by atoms with Gasteiger partial charge >= 0.3 is 0 Å². The highest BCUT2D eigenvalue weighted by molar-refractivity contribution is 5.80. The van der Waals surface area contributed by atoms with E-state index in [1.54, 1.807) is 0 Å². The fourth-order valence-electron chi connectivity index (χ4n) is 4.25. The molecular weight excluding hydrogens is 304 g/mol. The van der Waals surface area contributed by atoms with Gasteiger partial charge in [0.2, 0.25) is 0 Å². The highest BCUT2D eigenvalue weighted by atomic mass is 16.3. The summed E-state index contributed by atoms with van der Waals surface area (Å²) in [4.78, 5) is 0. The van der Waals surface area contributed by atoms with Crippen molar-refractivity contribution in [3.05, 3.63) is 70.8 Å². The molecule has 0 saturated carbocycles. The summed E-state index contributed by atoms with van der Waals surface area (Å²) in [6.45, 7) is 13.0. The molecule has 1 N–H and O–H groups in total. The molecule has 2 aromatic rings. The second-order valence-corrected chi connectivity index (χ2v) is 8.96. The molecule has 0 amide bonds. The average molecular weight is 335 g/mol. The van der Waals surface area contributed by atoms with Gasteiger partial charge in [0, 0.05) is 5.41 Å². The van der Waals surface area contributed by atoms with Gasteiger partial charge in [-0.15, -0.1) is 0 Å². The molecule has 2 aromatic carbocycles. The minimum Gasteiger partial charge on any atom is -0.389 e. The Kier molecular flexibility index (Phi) is 4.20. The highest BCUT2D eigenvalue weighted by Crippen LogP contribution is 2.51. The molecule has 3 rings (SSSR count). The van der Waals surface area contributed by atoms with Crippen LogP contribution in [0.15, 0.2) is 48.5 Å². The van der Waals surface area contributed by atoms with Crippen LogP contribution in [0.1, 0.15) is 70.2 Å². The standard InChI is InChI=1S/C24H30O/c1-17(14-18-10-8-7-9-11-18)19-12-13-20-21(15-19)23(4,5)24(6,25)16-22(20,2)3/h7-15,25H,16H2,1-6H3/b17-14+. The summed E-state index contributed by atoms with van der Waals surface area (Å²) < 4.78 is 0. The molecule has 1 atom stereocenters. The quantitative estimate of drug-likeness (QED) is 0.672. The number of allylic oxidation sites excluding steroid dienone is 1. The van der Waals surface area contributed by atoms with Gasteiger partial charge in [0.15, 0.2) is 0 Å². The van der Waals surface area contributed by atoms with Crippen molar-refractivity contribution in [2.45, 2.75) is 64.4 Å². The van der Waals surface area contributed by atoms with Crippen LogP contribution in [-0.2, 0) is 10.8 Å². The SMILES string of the molecule is C/C(=C\c1ccccc1)c1ccc2c(c1)C(C)(C)C(C)(O)CC2(C)C. The van der Waals surface area contributed by atoms with Crippen molar-refractivity contribution in [3.8, 4) is 0 Å². The third kappa shape index (κ3) is 3.06. The van der Waals surface area contributed by atoms with Gasteiger partial charge in [0.25, 0.3) is 0 Å². The van der Waals surface area contributed by atoms with Crippen LogP contribution in [0.2, 0.25) is 0 Å². The first-order chi connectivity index (χ1) is 11.5. The van der Waals surface area contributed by atoms with Gasteiger partial charge < -0.3 is 5.11 Å². The summed E-state index contributed by atoms with van der Waals surface area (Å²) in [5.74, 6) is 0. The van der Waals surface area contributed by atoms with Gasteiger partial charge in [-0.3, -0.25) is 0 Å². The number of hydrogen-bond donors (Lipinski definition) is 1. The Morgan fingerprint density at radius 1 is 0.920 bits per heavy atom. The highest BCUT2D eigenvalue weighted by Gasteiger charge is 2.50. The largest absolute Gasteiger partial charge is 0.389 e. The molecular formula is C24H30O. The summed E-state index contributed by atoms with van der Waals surface area (Å²) in [6.07, 6.45) is 3.00. The maximum absolute atomic E-state index is 11.1. The smallest absolute Gasteiger partial charge is 0.0719 e. The van der Waals surface area contributed by atoms with E-state index in [9.17, 15) is 5.11 Å². The van der Waals surface area contributed by atoms with E-state index in [1.165, 1.54) is 27.8 Å². The van der Waals surface area contributed by atoms with E-state index < -0.39 is 5.60 Å². The topological polar surface area (TPSA) is 20.2 Å². The van der Waals surface area contributed by atoms with Crippen LogP contribution in [0.3, 0.4) is 0 Å². The first kappa shape index (κ1) is 17.9. The third-order valence-electron chi connectivity index (χ3n) is 6.19. The molecule has 0 saturated heterocycles. The Morgan fingerprint density at radius 3 is 2.20 bits per heavy atom. The van der Waals surface area contributed by atoms with Crippen LogP contribution in [0, 0.1) is 0 Å². The Hall–Kier alpha value is -1.86. The van der Waals surface area contributed by atoms with Crippen molar-refractivity contribution < 1.29 is 5.11 Å². The first-order valence-corrected chi connectivity index (χ1v) is 9.16. The zero-order valence-electron chi connectivity index (χ0n) is 16.4. The fourth-order valence-corrected chi connectivity index (χ4v) is 4.25. The molecule has 0 aliphatic heterocycles. The Morgan fingerprint density at radius 2 is 1.56 bits per heavy atom. The Labute approximate surface area is 152 Å². The molecule has 0 fully saturated rings. The number of rotatable bonds is 2. The average Bonchev–Trinajstić information content (AvgIpc) is 2.53. The molecule has 1 nitrogen and oxygen atoms in total. The second-order valence-electron chi connectivity index (χ2n) is 8.96. The molecule has 0 radical (unpaired) electrons. The predicted molar refractivity (Wildman–Crippen MR) is 108 cm³/mol. The third-order valence-corrected chi connectivity index (χ3v) is 6.19. The normalized spacial score (nSPS) is 24.7. The van der Waals surface area contributed by atoms with Gasteiger partial charge in [-0.2, -0.15) is 0 Å². The molecule has 0 spiro atoms.